The summed E-state index contributed by atoms with van der Waals surface area (Å²) in [6.07, 6.45) is 3.03. The van der Waals surface area contributed by atoms with Crippen LogP contribution in [0.5, 0.6) is 0 Å². The number of rotatable bonds is 3. The predicted molar refractivity (Wildman–Crippen MR) is 94.1 cm³/mol. The van der Waals surface area contributed by atoms with Gasteiger partial charge in [-0.2, -0.15) is 0 Å². The van der Waals surface area contributed by atoms with Gasteiger partial charge in [-0.3, -0.25) is 0 Å². The average molecular weight is 393 g/mol. The Morgan fingerprint density at radius 3 is 2.58 bits per heavy atom. The molecule has 0 spiro atoms. The number of urea groups is 1. The first kappa shape index (κ1) is 17.0. The fourth-order valence-electron chi connectivity index (χ4n) is 3.36. The minimum Gasteiger partial charge on any atom is -0.459 e. The van der Waals surface area contributed by atoms with Crippen LogP contribution in [-0.2, 0) is 9.53 Å². The van der Waals surface area contributed by atoms with Crippen molar-refractivity contribution < 1.29 is 14.3 Å². The van der Waals surface area contributed by atoms with Gasteiger partial charge in [-0.1, -0.05) is 35.0 Å². The number of hydrogen-bond donors (Lipinski definition) is 2. The SMILES string of the molecule is CC1=C(C(=O)OC2CCCC2C)C(c2ccc(Br)cc2)NC(=O)N1. The highest BCUT2D eigenvalue weighted by Crippen LogP contribution is 2.32. The molecule has 3 unspecified atom stereocenters. The Hall–Kier alpha value is -1.82. The summed E-state index contributed by atoms with van der Waals surface area (Å²) in [7, 11) is 0. The quantitative estimate of drug-likeness (QED) is 0.768. The molecule has 1 aromatic rings. The number of carbonyl (C=O) groups is 2. The molecular weight excluding hydrogens is 372 g/mol. The highest BCUT2D eigenvalue weighted by molar-refractivity contribution is 9.10. The summed E-state index contributed by atoms with van der Waals surface area (Å²) in [4.78, 5) is 24.7. The number of amides is 2. The zero-order chi connectivity index (χ0) is 17.3. The van der Waals surface area contributed by atoms with E-state index in [1.807, 2.05) is 24.3 Å². The van der Waals surface area contributed by atoms with Crippen molar-refractivity contribution in [2.45, 2.75) is 45.3 Å². The first-order chi connectivity index (χ1) is 11.5. The number of halogens is 1. The lowest BCUT2D eigenvalue weighted by Crippen LogP contribution is -2.45. The largest absolute Gasteiger partial charge is 0.459 e. The summed E-state index contributed by atoms with van der Waals surface area (Å²) >= 11 is 3.40. The number of carbonyl (C=O) groups excluding carboxylic acids is 2. The number of hydrogen-bond acceptors (Lipinski definition) is 3. The fraction of sp³-hybridized carbons (Fsp3) is 0.444. The van der Waals surface area contributed by atoms with Gasteiger partial charge in [0.2, 0.25) is 0 Å². The van der Waals surface area contributed by atoms with Crippen LogP contribution in [0.1, 0.15) is 44.7 Å². The molecule has 1 heterocycles. The lowest BCUT2D eigenvalue weighted by atomic mass is 9.95. The topological polar surface area (TPSA) is 67.4 Å². The Morgan fingerprint density at radius 1 is 1.25 bits per heavy atom. The second kappa shape index (κ2) is 6.97. The number of ether oxygens (including phenoxy) is 1. The fourth-order valence-corrected chi connectivity index (χ4v) is 3.62. The van der Waals surface area contributed by atoms with Crippen molar-refractivity contribution in [3.63, 3.8) is 0 Å². The zero-order valence-corrected chi connectivity index (χ0v) is 15.4. The third-order valence-electron chi connectivity index (χ3n) is 4.73. The molecule has 3 rings (SSSR count). The van der Waals surface area contributed by atoms with E-state index >= 15 is 0 Å². The summed E-state index contributed by atoms with van der Waals surface area (Å²) in [5.41, 5.74) is 1.86. The van der Waals surface area contributed by atoms with Crippen LogP contribution in [0.15, 0.2) is 40.0 Å². The van der Waals surface area contributed by atoms with E-state index < -0.39 is 6.04 Å². The Morgan fingerprint density at radius 2 is 1.96 bits per heavy atom. The maximum Gasteiger partial charge on any atom is 0.338 e. The Kier molecular flexibility index (Phi) is 4.94. The molecule has 24 heavy (non-hydrogen) atoms. The zero-order valence-electron chi connectivity index (χ0n) is 13.8. The van der Waals surface area contributed by atoms with E-state index in [4.69, 9.17) is 4.74 Å². The molecule has 0 saturated heterocycles. The van der Waals surface area contributed by atoms with Crippen molar-refractivity contribution >= 4 is 27.9 Å². The summed E-state index contributed by atoms with van der Waals surface area (Å²) in [6.45, 7) is 3.85. The molecule has 1 saturated carbocycles. The van der Waals surface area contributed by atoms with Crippen molar-refractivity contribution in [1.29, 1.82) is 0 Å². The van der Waals surface area contributed by atoms with Gasteiger partial charge in [0.05, 0.1) is 11.6 Å². The van der Waals surface area contributed by atoms with Crippen LogP contribution in [0.25, 0.3) is 0 Å². The van der Waals surface area contributed by atoms with Crippen LogP contribution in [0, 0.1) is 5.92 Å². The molecule has 1 aromatic carbocycles. The molecule has 1 aliphatic heterocycles. The third-order valence-corrected chi connectivity index (χ3v) is 5.26. The monoisotopic (exact) mass is 392 g/mol. The lowest BCUT2D eigenvalue weighted by Gasteiger charge is -2.29. The Balaban J connectivity index is 1.88. The molecule has 0 bridgehead atoms. The van der Waals surface area contributed by atoms with Gasteiger partial charge in [0.25, 0.3) is 0 Å². The minimum absolute atomic E-state index is 0.0407. The van der Waals surface area contributed by atoms with E-state index in [1.54, 1.807) is 6.92 Å². The van der Waals surface area contributed by atoms with Crippen LogP contribution in [0.2, 0.25) is 0 Å². The second-order valence-electron chi connectivity index (χ2n) is 6.47. The van der Waals surface area contributed by atoms with E-state index in [-0.39, 0.29) is 18.1 Å². The summed E-state index contributed by atoms with van der Waals surface area (Å²) in [5, 5.41) is 5.50. The standard InChI is InChI=1S/C18H21BrN2O3/c1-10-4-3-5-14(10)24-17(22)15-11(2)20-18(23)21-16(15)12-6-8-13(19)9-7-12/h6-10,14,16H,3-5H2,1-2H3,(H2,20,21,23). The van der Waals surface area contributed by atoms with E-state index in [0.29, 0.717) is 17.2 Å². The molecule has 1 fully saturated rings. The molecule has 0 aromatic heterocycles. The van der Waals surface area contributed by atoms with Gasteiger partial charge in [0.1, 0.15) is 6.10 Å². The van der Waals surface area contributed by atoms with Crippen molar-refractivity contribution in [2.75, 3.05) is 0 Å². The van der Waals surface area contributed by atoms with Crippen LogP contribution in [0.3, 0.4) is 0 Å². The summed E-state index contributed by atoms with van der Waals surface area (Å²) < 4.78 is 6.69. The van der Waals surface area contributed by atoms with Crippen molar-refractivity contribution in [2.24, 2.45) is 5.92 Å². The molecule has 0 radical (unpaired) electrons. The smallest absolute Gasteiger partial charge is 0.338 e. The highest BCUT2D eigenvalue weighted by Gasteiger charge is 2.35. The van der Waals surface area contributed by atoms with Crippen LogP contribution < -0.4 is 10.6 Å². The lowest BCUT2D eigenvalue weighted by molar-refractivity contribution is -0.146. The van der Waals surface area contributed by atoms with Crippen molar-refractivity contribution in [3.05, 3.63) is 45.6 Å². The molecular formula is C18H21BrN2O3. The average Bonchev–Trinajstić information content (AvgIpc) is 2.92. The molecule has 2 amide bonds. The van der Waals surface area contributed by atoms with Crippen LogP contribution in [0.4, 0.5) is 4.79 Å². The van der Waals surface area contributed by atoms with E-state index in [0.717, 1.165) is 29.3 Å². The normalized spacial score (nSPS) is 26.8. The van der Waals surface area contributed by atoms with Gasteiger partial charge < -0.3 is 15.4 Å². The molecule has 1 aliphatic carbocycles. The molecule has 2 aliphatic rings. The Labute approximate surface area is 150 Å². The van der Waals surface area contributed by atoms with Crippen LogP contribution >= 0.6 is 15.9 Å². The molecule has 128 valence electrons. The number of nitrogens with one attached hydrogen (secondary N) is 2. The van der Waals surface area contributed by atoms with E-state index in [2.05, 4.69) is 33.5 Å². The van der Waals surface area contributed by atoms with Crippen molar-refractivity contribution in [1.82, 2.24) is 10.6 Å². The molecule has 6 heteroatoms. The number of esters is 1. The Bertz CT molecular complexity index is 684. The maximum atomic E-state index is 12.8. The van der Waals surface area contributed by atoms with Crippen LogP contribution in [-0.4, -0.2) is 18.1 Å². The third kappa shape index (κ3) is 3.48. The molecule has 3 atom stereocenters. The van der Waals surface area contributed by atoms with Crippen molar-refractivity contribution in [3.8, 4) is 0 Å². The maximum absolute atomic E-state index is 12.8. The predicted octanol–water partition coefficient (Wildman–Crippen LogP) is 3.81. The van der Waals surface area contributed by atoms with Gasteiger partial charge in [-0.15, -0.1) is 0 Å². The minimum atomic E-state index is -0.504. The van der Waals surface area contributed by atoms with E-state index in [1.165, 1.54) is 0 Å². The summed E-state index contributed by atoms with van der Waals surface area (Å²) in [5.74, 6) is 0.0267. The highest BCUT2D eigenvalue weighted by atomic mass is 79.9. The molecule has 2 N–H and O–H groups in total. The van der Waals surface area contributed by atoms with Gasteiger partial charge >= 0.3 is 12.0 Å². The molecule has 5 nitrogen and oxygen atoms in total. The first-order valence-corrected chi connectivity index (χ1v) is 8.99. The summed E-state index contributed by atoms with van der Waals surface area (Å²) in [6, 6.07) is 6.74. The first-order valence-electron chi connectivity index (χ1n) is 8.20. The van der Waals surface area contributed by atoms with Gasteiger partial charge in [0, 0.05) is 10.2 Å². The van der Waals surface area contributed by atoms with Gasteiger partial charge in [0.15, 0.2) is 0 Å². The number of benzene rings is 1. The van der Waals surface area contributed by atoms with Gasteiger partial charge in [-0.25, -0.2) is 9.59 Å². The van der Waals surface area contributed by atoms with E-state index in [9.17, 15) is 9.59 Å². The second-order valence-corrected chi connectivity index (χ2v) is 7.39. The van der Waals surface area contributed by atoms with Gasteiger partial charge in [-0.05, 0) is 49.8 Å². The number of allylic oxidation sites excluding steroid dienone is 1.